The van der Waals surface area contributed by atoms with Crippen molar-refractivity contribution in [2.45, 2.75) is 0 Å². The van der Waals surface area contributed by atoms with Crippen LogP contribution < -0.4 is 15.4 Å². The van der Waals surface area contributed by atoms with Gasteiger partial charge in [-0.25, -0.2) is 9.67 Å². The number of pyridine rings is 1. The van der Waals surface area contributed by atoms with Crippen LogP contribution in [0.5, 0.6) is 0 Å². The Morgan fingerprint density at radius 2 is 1.91 bits per heavy atom. The van der Waals surface area contributed by atoms with E-state index < -0.39 is 0 Å². The SMILES string of the molecule is Cn1nc(N2CCN(c3ncc(C#N)cc3Cl)CC2)ccc1=O. The van der Waals surface area contributed by atoms with Gasteiger partial charge in [0.05, 0.1) is 10.6 Å². The van der Waals surface area contributed by atoms with Crippen LogP contribution in [0.3, 0.4) is 0 Å². The lowest BCUT2D eigenvalue weighted by molar-refractivity contribution is 0.620. The molecule has 2 aromatic heterocycles. The molecule has 0 aliphatic carbocycles. The van der Waals surface area contributed by atoms with Gasteiger partial charge in [0.15, 0.2) is 0 Å². The molecule has 0 bridgehead atoms. The van der Waals surface area contributed by atoms with E-state index in [1.54, 1.807) is 19.2 Å². The number of aryl methyl sites for hydroxylation is 1. The van der Waals surface area contributed by atoms with Gasteiger partial charge in [-0.15, -0.1) is 0 Å². The van der Waals surface area contributed by atoms with Crippen molar-refractivity contribution < 1.29 is 0 Å². The molecule has 7 nitrogen and oxygen atoms in total. The highest BCUT2D eigenvalue weighted by Crippen LogP contribution is 2.25. The van der Waals surface area contributed by atoms with Crippen molar-refractivity contribution in [2.24, 2.45) is 7.05 Å². The molecule has 0 aromatic carbocycles. The minimum absolute atomic E-state index is 0.124. The van der Waals surface area contributed by atoms with Crippen LogP contribution in [-0.2, 0) is 7.05 Å². The van der Waals surface area contributed by atoms with Gasteiger partial charge in [0.2, 0.25) is 0 Å². The van der Waals surface area contributed by atoms with E-state index in [2.05, 4.69) is 19.9 Å². The van der Waals surface area contributed by atoms with Crippen LogP contribution in [0.25, 0.3) is 0 Å². The van der Waals surface area contributed by atoms with Crippen molar-refractivity contribution >= 4 is 23.2 Å². The molecule has 118 valence electrons. The number of anilines is 2. The Bertz CT molecular complexity index is 819. The van der Waals surface area contributed by atoms with Gasteiger partial charge in [0, 0.05) is 45.5 Å². The zero-order chi connectivity index (χ0) is 16.4. The molecule has 0 saturated carbocycles. The fourth-order valence-electron chi connectivity index (χ4n) is 2.53. The first-order valence-electron chi connectivity index (χ1n) is 7.18. The Hall–Kier alpha value is -2.59. The lowest BCUT2D eigenvalue weighted by Crippen LogP contribution is -2.47. The molecule has 1 saturated heterocycles. The van der Waals surface area contributed by atoms with Crippen molar-refractivity contribution in [3.05, 3.63) is 45.3 Å². The van der Waals surface area contributed by atoms with Crippen LogP contribution in [0, 0.1) is 11.3 Å². The van der Waals surface area contributed by atoms with E-state index >= 15 is 0 Å². The van der Waals surface area contributed by atoms with E-state index in [9.17, 15) is 4.79 Å². The number of nitriles is 1. The van der Waals surface area contributed by atoms with E-state index in [0.29, 0.717) is 16.4 Å². The van der Waals surface area contributed by atoms with Gasteiger partial charge in [-0.05, 0) is 12.1 Å². The number of aromatic nitrogens is 3. The molecule has 23 heavy (non-hydrogen) atoms. The Balaban J connectivity index is 1.72. The molecule has 3 rings (SSSR count). The first-order valence-corrected chi connectivity index (χ1v) is 7.56. The molecule has 2 aromatic rings. The summed E-state index contributed by atoms with van der Waals surface area (Å²) in [5.74, 6) is 1.48. The van der Waals surface area contributed by atoms with Crippen LogP contribution in [0.15, 0.2) is 29.2 Å². The predicted molar refractivity (Wildman–Crippen MR) is 87.9 cm³/mol. The normalized spacial score (nSPS) is 14.7. The molecule has 1 aliphatic heterocycles. The fraction of sp³-hybridized carbons (Fsp3) is 0.333. The standard InChI is InChI=1S/C15H15ClN6O/c1-20-14(23)3-2-13(19-20)21-4-6-22(7-5-21)15-12(16)8-11(9-17)10-18-15/h2-3,8,10H,4-7H2,1H3. The number of halogens is 1. The summed E-state index contributed by atoms with van der Waals surface area (Å²) >= 11 is 6.21. The maximum atomic E-state index is 11.4. The smallest absolute Gasteiger partial charge is 0.266 e. The summed E-state index contributed by atoms with van der Waals surface area (Å²) in [5, 5.41) is 13.6. The van der Waals surface area contributed by atoms with E-state index in [4.69, 9.17) is 16.9 Å². The van der Waals surface area contributed by atoms with Gasteiger partial charge in [-0.2, -0.15) is 10.4 Å². The number of hydrogen-bond donors (Lipinski definition) is 0. The van der Waals surface area contributed by atoms with Crippen molar-refractivity contribution in [1.82, 2.24) is 14.8 Å². The van der Waals surface area contributed by atoms with Gasteiger partial charge < -0.3 is 9.80 Å². The molecule has 0 unspecified atom stereocenters. The molecular formula is C15H15ClN6O. The average molecular weight is 331 g/mol. The van der Waals surface area contributed by atoms with Crippen LogP contribution in [0.4, 0.5) is 11.6 Å². The van der Waals surface area contributed by atoms with Crippen LogP contribution in [-0.4, -0.2) is 40.9 Å². The number of rotatable bonds is 2. The second kappa shape index (κ2) is 6.26. The Morgan fingerprint density at radius 3 is 2.52 bits per heavy atom. The fourth-order valence-corrected chi connectivity index (χ4v) is 2.82. The molecular weight excluding hydrogens is 316 g/mol. The van der Waals surface area contributed by atoms with Crippen molar-refractivity contribution in [3.8, 4) is 6.07 Å². The quantitative estimate of drug-likeness (QED) is 0.818. The lowest BCUT2D eigenvalue weighted by Gasteiger charge is -2.36. The topological polar surface area (TPSA) is 78.1 Å². The molecule has 3 heterocycles. The third-order valence-corrected chi connectivity index (χ3v) is 4.08. The minimum Gasteiger partial charge on any atom is -0.352 e. The van der Waals surface area contributed by atoms with Gasteiger partial charge >= 0.3 is 0 Å². The van der Waals surface area contributed by atoms with Crippen LogP contribution >= 0.6 is 11.6 Å². The second-order valence-electron chi connectivity index (χ2n) is 5.27. The number of nitrogens with zero attached hydrogens (tertiary/aromatic N) is 6. The number of hydrogen-bond acceptors (Lipinski definition) is 6. The summed E-state index contributed by atoms with van der Waals surface area (Å²) < 4.78 is 1.33. The summed E-state index contributed by atoms with van der Waals surface area (Å²) in [6.45, 7) is 2.98. The highest BCUT2D eigenvalue weighted by Gasteiger charge is 2.21. The Kier molecular flexibility index (Phi) is 4.17. The molecule has 1 aliphatic rings. The first-order chi connectivity index (χ1) is 11.1. The Morgan fingerprint density at radius 1 is 1.22 bits per heavy atom. The van der Waals surface area contributed by atoms with Gasteiger partial charge in [-0.3, -0.25) is 4.79 Å². The van der Waals surface area contributed by atoms with Crippen LogP contribution in [0.1, 0.15) is 5.56 Å². The molecule has 0 radical (unpaired) electrons. The van der Waals surface area contributed by atoms with Crippen LogP contribution in [0.2, 0.25) is 5.02 Å². The third kappa shape index (κ3) is 3.12. The van der Waals surface area contributed by atoms with Crippen molar-refractivity contribution in [1.29, 1.82) is 5.26 Å². The summed E-state index contributed by atoms with van der Waals surface area (Å²) in [6, 6.07) is 6.92. The largest absolute Gasteiger partial charge is 0.352 e. The Labute approximate surface area is 138 Å². The maximum Gasteiger partial charge on any atom is 0.266 e. The minimum atomic E-state index is -0.124. The highest BCUT2D eigenvalue weighted by atomic mass is 35.5. The lowest BCUT2D eigenvalue weighted by atomic mass is 10.2. The molecule has 0 amide bonds. The van der Waals surface area contributed by atoms with Gasteiger partial charge in [0.25, 0.3) is 5.56 Å². The molecule has 0 N–H and O–H groups in total. The van der Waals surface area contributed by atoms with Crippen molar-refractivity contribution in [3.63, 3.8) is 0 Å². The van der Waals surface area contributed by atoms with Gasteiger partial charge in [-0.1, -0.05) is 11.6 Å². The molecule has 0 atom stereocenters. The first kappa shape index (κ1) is 15.3. The monoisotopic (exact) mass is 330 g/mol. The summed E-state index contributed by atoms with van der Waals surface area (Å²) in [5.41, 5.74) is 0.327. The summed E-state index contributed by atoms with van der Waals surface area (Å²) in [6.07, 6.45) is 1.53. The molecule has 1 fully saturated rings. The van der Waals surface area contributed by atoms with Crippen molar-refractivity contribution in [2.75, 3.05) is 36.0 Å². The zero-order valence-corrected chi connectivity index (χ0v) is 13.4. The van der Waals surface area contributed by atoms with E-state index in [-0.39, 0.29) is 5.56 Å². The van der Waals surface area contributed by atoms with E-state index in [1.165, 1.54) is 16.9 Å². The average Bonchev–Trinajstić information content (AvgIpc) is 2.57. The maximum absolute atomic E-state index is 11.4. The van der Waals surface area contributed by atoms with E-state index in [1.807, 2.05) is 6.07 Å². The second-order valence-corrected chi connectivity index (χ2v) is 5.68. The molecule has 0 spiro atoms. The third-order valence-electron chi connectivity index (χ3n) is 3.80. The van der Waals surface area contributed by atoms with Gasteiger partial charge in [0.1, 0.15) is 17.7 Å². The molecule has 8 heteroatoms. The summed E-state index contributed by atoms with van der Waals surface area (Å²) in [4.78, 5) is 19.9. The van der Waals surface area contributed by atoms with E-state index in [0.717, 1.165) is 32.0 Å². The predicted octanol–water partition coefficient (Wildman–Crippen LogP) is 1.03. The number of piperazine rings is 1. The summed E-state index contributed by atoms with van der Waals surface area (Å²) in [7, 11) is 1.64. The highest BCUT2D eigenvalue weighted by molar-refractivity contribution is 6.33. The zero-order valence-electron chi connectivity index (χ0n) is 12.6.